The van der Waals surface area contributed by atoms with Gasteiger partial charge in [0.25, 0.3) is 0 Å². The molecule has 18 heavy (non-hydrogen) atoms. The first-order chi connectivity index (χ1) is 8.53. The molecular weight excluding hydrogens is 256 g/mol. The smallest absolute Gasteiger partial charge is 0.352 e. The van der Waals surface area contributed by atoms with Crippen LogP contribution in [-0.4, -0.2) is 31.8 Å². The Bertz CT molecular complexity index is 595. The highest BCUT2D eigenvalue weighted by Gasteiger charge is 2.29. The Hall–Kier alpha value is -2.09. The van der Waals surface area contributed by atoms with Crippen LogP contribution in [0.2, 0.25) is 0 Å². The summed E-state index contributed by atoms with van der Waals surface area (Å²) in [6.07, 6.45) is 0. The minimum atomic E-state index is -3.89. The van der Waals surface area contributed by atoms with Gasteiger partial charge in [-0.25, -0.2) is 4.31 Å². The van der Waals surface area contributed by atoms with Crippen molar-refractivity contribution in [3.8, 4) is 0 Å². The Kier molecular flexibility index (Phi) is 3.19. The van der Waals surface area contributed by atoms with Crippen LogP contribution in [0.5, 0.6) is 0 Å². The molecule has 0 spiro atoms. The van der Waals surface area contributed by atoms with E-state index in [0.717, 1.165) is 9.87 Å². The summed E-state index contributed by atoms with van der Waals surface area (Å²) in [6.45, 7) is 0.0823. The van der Waals surface area contributed by atoms with Crippen molar-refractivity contribution >= 4 is 22.2 Å². The molecule has 0 aromatic heterocycles. The SMILES string of the molecule is COC1=NS(=O)(=O)N(Cc2ccccc2)C(N)=N1. The molecule has 0 aliphatic carbocycles. The molecule has 1 heterocycles. The van der Waals surface area contributed by atoms with Crippen molar-refractivity contribution in [2.75, 3.05) is 7.11 Å². The van der Waals surface area contributed by atoms with E-state index in [-0.39, 0.29) is 18.5 Å². The van der Waals surface area contributed by atoms with E-state index in [2.05, 4.69) is 14.1 Å². The minimum absolute atomic E-state index is 0.0823. The van der Waals surface area contributed by atoms with E-state index in [1.54, 1.807) is 12.1 Å². The van der Waals surface area contributed by atoms with Crippen LogP contribution < -0.4 is 5.73 Å². The van der Waals surface area contributed by atoms with Crippen molar-refractivity contribution in [2.45, 2.75) is 6.54 Å². The molecule has 0 saturated heterocycles. The summed E-state index contributed by atoms with van der Waals surface area (Å²) >= 11 is 0. The van der Waals surface area contributed by atoms with Gasteiger partial charge in [-0.05, 0) is 5.56 Å². The number of methoxy groups -OCH3 is 1. The quantitative estimate of drug-likeness (QED) is 0.820. The van der Waals surface area contributed by atoms with Gasteiger partial charge < -0.3 is 10.5 Å². The van der Waals surface area contributed by atoms with Crippen molar-refractivity contribution in [3.05, 3.63) is 35.9 Å². The lowest BCUT2D eigenvalue weighted by Crippen LogP contribution is -2.43. The van der Waals surface area contributed by atoms with Crippen LogP contribution in [0.3, 0.4) is 0 Å². The van der Waals surface area contributed by atoms with Crippen LogP contribution in [0.4, 0.5) is 0 Å². The lowest BCUT2D eigenvalue weighted by molar-refractivity contribution is 0.393. The van der Waals surface area contributed by atoms with Gasteiger partial charge in [-0.2, -0.15) is 13.4 Å². The molecule has 1 aliphatic rings. The van der Waals surface area contributed by atoms with Gasteiger partial charge in [0, 0.05) is 0 Å². The van der Waals surface area contributed by atoms with Crippen LogP contribution in [0, 0.1) is 0 Å². The second-order valence-electron chi connectivity index (χ2n) is 3.52. The van der Waals surface area contributed by atoms with Crippen LogP contribution in [0.15, 0.2) is 39.7 Å². The molecular formula is C10H12N4O3S. The van der Waals surface area contributed by atoms with Gasteiger partial charge in [-0.3, -0.25) is 0 Å². The fourth-order valence-electron chi connectivity index (χ4n) is 1.44. The first-order valence-corrected chi connectivity index (χ1v) is 6.47. The molecule has 2 rings (SSSR count). The molecule has 0 atom stereocenters. The highest BCUT2D eigenvalue weighted by molar-refractivity contribution is 7.88. The zero-order chi connectivity index (χ0) is 13.2. The third-order valence-corrected chi connectivity index (χ3v) is 3.55. The zero-order valence-corrected chi connectivity index (χ0v) is 10.5. The zero-order valence-electron chi connectivity index (χ0n) is 9.65. The normalized spacial score (nSPS) is 17.9. The molecule has 0 unspecified atom stereocenters. The minimum Gasteiger partial charge on any atom is -0.466 e. The third-order valence-electron chi connectivity index (χ3n) is 2.29. The number of amidine groups is 1. The second kappa shape index (κ2) is 4.65. The number of benzene rings is 1. The fraction of sp³-hybridized carbons (Fsp3) is 0.200. The van der Waals surface area contributed by atoms with Crippen molar-refractivity contribution in [1.82, 2.24) is 4.31 Å². The molecule has 1 aliphatic heterocycles. The van der Waals surface area contributed by atoms with Crippen LogP contribution in [0.1, 0.15) is 5.56 Å². The lowest BCUT2D eigenvalue weighted by Gasteiger charge is -2.23. The average molecular weight is 268 g/mol. The lowest BCUT2D eigenvalue weighted by atomic mass is 10.2. The fourth-order valence-corrected chi connectivity index (χ4v) is 2.44. The van der Waals surface area contributed by atoms with E-state index >= 15 is 0 Å². The largest absolute Gasteiger partial charge is 0.466 e. The Morgan fingerprint density at radius 1 is 1.33 bits per heavy atom. The van der Waals surface area contributed by atoms with Crippen LogP contribution >= 0.6 is 0 Å². The number of rotatable bonds is 2. The molecule has 0 amide bonds. The monoisotopic (exact) mass is 268 g/mol. The van der Waals surface area contributed by atoms with Gasteiger partial charge in [0.2, 0.25) is 5.96 Å². The van der Waals surface area contributed by atoms with E-state index in [0.29, 0.717) is 0 Å². The number of nitrogens with zero attached hydrogens (tertiary/aromatic N) is 3. The number of aliphatic imine (C=N–C) groups is 1. The molecule has 0 saturated carbocycles. The standard InChI is InChI=1S/C10H12N4O3S/c1-17-10-12-9(11)14(18(15,16)13-10)7-8-5-3-2-4-6-8/h2-6H,7H2,1H3,(H2,11,12,13). The first kappa shape index (κ1) is 12.4. The summed E-state index contributed by atoms with van der Waals surface area (Å²) in [7, 11) is -2.62. The van der Waals surface area contributed by atoms with Gasteiger partial charge in [0.15, 0.2) is 0 Å². The number of guanidine groups is 1. The van der Waals surface area contributed by atoms with Crippen molar-refractivity contribution in [2.24, 2.45) is 15.1 Å². The molecule has 0 bridgehead atoms. The predicted molar refractivity (Wildman–Crippen MR) is 67.0 cm³/mol. The number of nitrogens with two attached hydrogens (primary N) is 1. The molecule has 96 valence electrons. The van der Waals surface area contributed by atoms with Crippen LogP contribution in [0.25, 0.3) is 0 Å². The Morgan fingerprint density at radius 3 is 2.56 bits per heavy atom. The Morgan fingerprint density at radius 2 is 2.00 bits per heavy atom. The van der Waals surface area contributed by atoms with Crippen molar-refractivity contribution in [3.63, 3.8) is 0 Å². The maximum Gasteiger partial charge on any atom is 0.352 e. The van der Waals surface area contributed by atoms with Gasteiger partial charge >= 0.3 is 16.2 Å². The molecule has 2 N–H and O–H groups in total. The highest BCUT2D eigenvalue weighted by Crippen LogP contribution is 2.14. The molecule has 8 heteroatoms. The second-order valence-corrected chi connectivity index (χ2v) is 5.04. The Balaban J connectivity index is 2.30. The number of hydrogen-bond donors (Lipinski definition) is 1. The third kappa shape index (κ3) is 2.43. The predicted octanol–water partition coefficient (Wildman–Crippen LogP) is 0.0641. The summed E-state index contributed by atoms with van der Waals surface area (Å²) < 4.78 is 32.7. The van der Waals surface area contributed by atoms with Gasteiger partial charge in [0.1, 0.15) is 0 Å². The summed E-state index contributed by atoms with van der Waals surface area (Å²) in [4.78, 5) is 3.74. The summed E-state index contributed by atoms with van der Waals surface area (Å²) in [5.74, 6) is -0.161. The van der Waals surface area contributed by atoms with Gasteiger partial charge in [-0.1, -0.05) is 34.7 Å². The van der Waals surface area contributed by atoms with Crippen LogP contribution in [-0.2, 0) is 21.5 Å². The first-order valence-electron chi connectivity index (χ1n) is 5.07. The average Bonchev–Trinajstić information content (AvgIpc) is 2.34. The van der Waals surface area contributed by atoms with Gasteiger partial charge in [-0.15, -0.1) is 0 Å². The summed E-state index contributed by atoms with van der Waals surface area (Å²) in [5.41, 5.74) is 6.39. The van der Waals surface area contributed by atoms with E-state index in [1.165, 1.54) is 7.11 Å². The summed E-state index contributed by atoms with van der Waals surface area (Å²) in [6, 6.07) is 8.77. The maximum absolute atomic E-state index is 11.9. The molecule has 1 aromatic rings. The molecule has 1 aromatic carbocycles. The molecule has 0 radical (unpaired) electrons. The van der Waals surface area contributed by atoms with Crippen molar-refractivity contribution < 1.29 is 13.2 Å². The Labute approximate surface area is 105 Å². The molecule has 7 nitrogen and oxygen atoms in total. The van der Waals surface area contributed by atoms with E-state index in [9.17, 15) is 8.42 Å². The topological polar surface area (TPSA) is 97.3 Å². The van der Waals surface area contributed by atoms with Crippen molar-refractivity contribution in [1.29, 1.82) is 0 Å². The number of ether oxygens (including phenoxy) is 1. The molecule has 0 fully saturated rings. The maximum atomic E-state index is 11.9. The summed E-state index contributed by atoms with van der Waals surface area (Å²) in [5, 5.41) is 0. The van der Waals surface area contributed by atoms with E-state index in [1.807, 2.05) is 18.2 Å². The van der Waals surface area contributed by atoms with Gasteiger partial charge in [0.05, 0.1) is 13.7 Å². The van der Waals surface area contributed by atoms with E-state index < -0.39 is 10.2 Å². The number of hydrogen-bond acceptors (Lipinski definition) is 5. The van der Waals surface area contributed by atoms with E-state index in [4.69, 9.17) is 5.73 Å². The highest BCUT2D eigenvalue weighted by atomic mass is 32.2.